The highest BCUT2D eigenvalue weighted by Crippen LogP contribution is 2.17. The lowest BCUT2D eigenvalue weighted by Gasteiger charge is -2.11. The Balaban J connectivity index is 1.84. The van der Waals surface area contributed by atoms with Crippen LogP contribution in [0.15, 0.2) is 48.9 Å². The summed E-state index contributed by atoms with van der Waals surface area (Å²) in [4.78, 5) is 7.40. The molecule has 2 aromatic heterocycles. The maximum atomic E-state index is 13.6. The van der Waals surface area contributed by atoms with Crippen molar-refractivity contribution in [2.45, 2.75) is 6.54 Å². The molecule has 0 aliphatic heterocycles. The highest BCUT2D eigenvalue weighted by Gasteiger charge is 2.08. The minimum atomic E-state index is -0.545. The number of rotatable bonds is 4. The molecule has 21 heavy (non-hydrogen) atoms. The first-order valence-electron chi connectivity index (χ1n) is 6.24. The molecule has 0 atom stereocenters. The van der Waals surface area contributed by atoms with Gasteiger partial charge >= 0.3 is 0 Å². The molecule has 0 aliphatic carbocycles. The van der Waals surface area contributed by atoms with E-state index in [4.69, 9.17) is 11.6 Å². The Morgan fingerprint density at radius 1 is 1.24 bits per heavy atom. The van der Waals surface area contributed by atoms with Crippen molar-refractivity contribution in [2.75, 3.05) is 5.32 Å². The van der Waals surface area contributed by atoms with Crippen LogP contribution in [0.25, 0.3) is 5.69 Å². The highest BCUT2D eigenvalue weighted by atomic mass is 35.5. The van der Waals surface area contributed by atoms with Crippen molar-refractivity contribution in [1.29, 1.82) is 0 Å². The van der Waals surface area contributed by atoms with Crippen molar-refractivity contribution in [3.05, 3.63) is 65.6 Å². The first-order valence-corrected chi connectivity index (χ1v) is 6.61. The summed E-state index contributed by atoms with van der Waals surface area (Å²) in [6.07, 6.45) is 4.59. The van der Waals surface area contributed by atoms with Crippen molar-refractivity contribution < 1.29 is 4.39 Å². The van der Waals surface area contributed by atoms with Gasteiger partial charge < -0.3 is 5.32 Å². The average Bonchev–Trinajstić information content (AvgIpc) is 3.03. The molecule has 0 bridgehead atoms. The number of anilines is 1. The molecule has 0 unspecified atom stereocenters. The molecule has 0 fully saturated rings. The van der Waals surface area contributed by atoms with Gasteiger partial charge in [-0.15, -0.1) is 0 Å². The van der Waals surface area contributed by atoms with E-state index in [2.05, 4.69) is 20.4 Å². The van der Waals surface area contributed by atoms with Crippen molar-refractivity contribution in [1.82, 2.24) is 19.7 Å². The molecule has 0 radical (unpaired) electrons. The molecule has 0 saturated carbocycles. The molecule has 106 valence electrons. The van der Waals surface area contributed by atoms with Crippen molar-refractivity contribution in [3.8, 4) is 5.69 Å². The molecule has 0 amide bonds. The van der Waals surface area contributed by atoms with Gasteiger partial charge in [-0.05, 0) is 29.3 Å². The minimum absolute atomic E-state index is 0.000684. The summed E-state index contributed by atoms with van der Waals surface area (Å²) in [6.45, 7) is 0.389. The fraction of sp³-hybridized carbons (Fsp3) is 0.0714. The summed E-state index contributed by atoms with van der Waals surface area (Å²) in [7, 11) is 0. The van der Waals surface area contributed by atoms with E-state index in [9.17, 15) is 4.39 Å². The van der Waals surface area contributed by atoms with E-state index >= 15 is 0 Å². The Bertz CT molecular complexity index is 745. The molecular weight excluding hydrogens is 293 g/mol. The van der Waals surface area contributed by atoms with Crippen LogP contribution in [0.1, 0.15) is 5.56 Å². The Kier molecular flexibility index (Phi) is 3.79. The van der Waals surface area contributed by atoms with Crippen LogP contribution < -0.4 is 5.32 Å². The van der Waals surface area contributed by atoms with Gasteiger partial charge in [0.1, 0.15) is 0 Å². The van der Waals surface area contributed by atoms with Gasteiger partial charge in [-0.2, -0.15) is 10.1 Å². The fourth-order valence-corrected chi connectivity index (χ4v) is 2.08. The van der Waals surface area contributed by atoms with Gasteiger partial charge in [-0.3, -0.25) is 0 Å². The molecule has 7 heteroatoms. The average molecular weight is 304 g/mol. The van der Waals surface area contributed by atoms with Crippen LogP contribution >= 0.6 is 11.6 Å². The van der Waals surface area contributed by atoms with Gasteiger partial charge in [-0.1, -0.05) is 18.2 Å². The second-order valence-electron chi connectivity index (χ2n) is 4.27. The summed E-state index contributed by atoms with van der Waals surface area (Å²) < 4.78 is 15.3. The molecule has 0 saturated heterocycles. The van der Waals surface area contributed by atoms with Gasteiger partial charge in [-0.25, -0.2) is 14.1 Å². The minimum Gasteiger partial charge on any atom is -0.363 e. The van der Waals surface area contributed by atoms with Crippen LogP contribution in [0.5, 0.6) is 0 Å². The number of aromatic nitrogens is 4. The molecule has 3 aromatic rings. The first kappa shape index (κ1) is 13.5. The number of nitrogens with one attached hydrogen (secondary N) is 1. The van der Waals surface area contributed by atoms with Gasteiger partial charge in [0, 0.05) is 18.9 Å². The lowest BCUT2D eigenvalue weighted by molar-refractivity contribution is 0.616. The van der Waals surface area contributed by atoms with Crippen molar-refractivity contribution in [2.24, 2.45) is 0 Å². The van der Waals surface area contributed by atoms with Crippen LogP contribution in [0.3, 0.4) is 0 Å². The van der Waals surface area contributed by atoms with Crippen LogP contribution in [0.2, 0.25) is 5.28 Å². The van der Waals surface area contributed by atoms with Gasteiger partial charge in [0.15, 0.2) is 11.6 Å². The lowest BCUT2D eigenvalue weighted by atomic mass is 10.2. The van der Waals surface area contributed by atoms with Crippen molar-refractivity contribution in [3.63, 3.8) is 0 Å². The maximum Gasteiger partial charge on any atom is 0.224 e. The summed E-state index contributed by atoms with van der Waals surface area (Å²) in [5.74, 6) is -0.471. The number of para-hydroxylation sites is 1. The largest absolute Gasteiger partial charge is 0.363 e. The molecule has 5 nitrogen and oxygen atoms in total. The van der Waals surface area contributed by atoms with E-state index in [0.29, 0.717) is 6.54 Å². The monoisotopic (exact) mass is 303 g/mol. The van der Waals surface area contributed by atoms with E-state index in [-0.39, 0.29) is 11.1 Å². The number of halogens is 2. The second-order valence-corrected chi connectivity index (χ2v) is 4.61. The predicted molar refractivity (Wildman–Crippen MR) is 77.9 cm³/mol. The molecular formula is C14H11ClFN5. The van der Waals surface area contributed by atoms with E-state index in [0.717, 1.165) is 17.4 Å². The summed E-state index contributed by atoms with van der Waals surface area (Å²) >= 11 is 5.67. The van der Waals surface area contributed by atoms with Crippen LogP contribution in [0, 0.1) is 5.82 Å². The summed E-state index contributed by atoms with van der Waals surface area (Å²) in [5.41, 5.74) is 1.87. The zero-order valence-corrected chi connectivity index (χ0v) is 11.6. The molecule has 0 aliphatic rings. The Morgan fingerprint density at radius 3 is 2.90 bits per heavy atom. The van der Waals surface area contributed by atoms with E-state index in [1.54, 1.807) is 10.9 Å². The SMILES string of the molecule is Fc1cnc(Cl)nc1NCc1ccccc1-n1cccn1. The number of benzene rings is 1. The topological polar surface area (TPSA) is 55.6 Å². The normalized spacial score (nSPS) is 10.6. The predicted octanol–water partition coefficient (Wildman–Crippen LogP) is 3.07. The number of hydrogen-bond acceptors (Lipinski definition) is 4. The second kappa shape index (κ2) is 5.88. The summed E-state index contributed by atoms with van der Waals surface area (Å²) in [5, 5.41) is 7.12. The Morgan fingerprint density at radius 2 is 2.10 bits per heavy atom. The molecule has 3 rings (SSSR count). The third-order valence-corrected chi connectivity index (χ3v) is 3.09. The first-order chi connectivity index (χ1) is 10.2. The molecule has 1 N–H and O–H groups in total. The zero-order valence-electron chi connectivity index (χ0n) is 10.9. The Labute approximate surface area is 125 Å². The van der Waals surface area contributed by atoms with Gasteiger partial charge in [0.2, 0.25) is 5.28 Å². The van der Waals surface area contributed by atoms with Crippen LogP contribution in [-0.4, -0.2) is 19.7 Å². The van der Waals surface area contributed by atoms with E-state index in [1.165, 1.54) is 0 Å². The number of hydrogen-bond donors (Lipinski definition) is 1. The van der Waals surface area contributed by atoms with Crippen molar-refractivity contribution >= 4 is 17.4 Å². The van der Waals surface area contributed by atoms with E-state index < -0.39 is 5.82 Å². The van der Waals surface area contributed by atoms with Gasteiger partial charge in [0.05, 0.1) is 11.9 Å². The Hall–Kier alpha value is -2.47. The van der Waals surface area contributed by atoms with Crippen LogP contribution in [0.4, 0.5) is 10.2 Å². The fourth-order valence-electron chi connectivity index (χ4n) is 1.94. The maximum absolute atomic E-state index is 13.6. The van der Waals surface area contributed by atoms with E-state index in [1.807, 2.05) is 36.5 Å². The smallest absolute Gasteiger partial charge is 0.224 e. The lowest BCUT2D eigenvalue weighted by Crippen LogP contribution is -2.08. The molecule has 2 heterocycles. The summed E-state index contributed by atoms with van der Waals surface area (Å²) in [6, 6.07) is 9.54. The third-order valence-electron chi connectivity index (χ3n) is 2.90. The number of nitrogens with zero attached hydrogens (tertiary/aromatic N) is 4. The molecule has 1 aromatic carbocycles. The molecule has 0 spiro atoms. The van der Waals surface area contributed by atoms with Crippen LogP contribution in [-0.2, 0) is 6.54 Å². The standard InChI is InChI=1S/C14H11ClFN5/c15-14-18-9-11(16)13(20-14)17-8-10-4-1-2-5-12(10)21-7-3-6-19-21/h1-7,9H,8H2,(H,17,18,20). The highest BCUT2D eigenvalue weighted by molar-refractivity contribution is 6.28. The quantitative estimate of drug-likeness (QED) is 0.753. The third kappa shape index (κ3) is 3.00. The van der Waals surface area contributed by atoms with Gasteiger partial charge in [0.25, 0.3) is 0 Å². The zero-order chi connectivity index (χ0) is 14.7.